The molecule has 1 aromatic heterocycles. The Labute approximate surface area is 115 Å². The molecule has 1 N–H and O–H groups in total. The molecule has 3 rings (SSSR count). The molecule has 4 heteroatoms. The smallest absolute Gasteiger partial charge is 0.336 e. The molecule has 0 fully saturated rings. The summed E-state index contributed by atoms with van der Waals surface area (Å²) in [5.41, 5.74) is 3.13. The average molecular weight is 271 g/mol. The van der Waals surface area contributed by atoms with E-state index in [0.717, 1.165) is 17.7 Å². The van der Waals surface area contributed by atoms with E-state index in [-0.39, 0.29) is 0 Å². The molecule has 1 aliphatic rings. The summed E-state index contributed by atoms with van der Waals surface area (Å²) in [4.78, 5) is 16.9. The molecule has 0 atom stereocenters. The number of nitrogens with zero attached hydrogens (tertiary/aromatic N) is 1. The third kappa shape index (κ3) is 2.49. The molecule has 3 nitrogen and oxygen atoms in total. The SMILES string of the molecule is O=C(O)c1ccncc1Sc1ccc2c(c1)CCC2. The molecule has 1 aliphatic carbocycles. The maximum atomic E-state index is 11.2. The highest BCUT2D eigenvalue weighted by molar-refractivity contribution is 7.99. The molecule has 0 saturated heterocycles. The Morgan fingerprint density at radius 3 is 2.89 bits per heavy atom. The fourth-order valence-electron chi connectivity index (χ4n) is 2.38. The first-order chi connectivity index (χ1) is 9.24. The van der Waals surface area contributed by atoms with Crippen LogP contribution in [-0.2, 0) is 12.8 Å². The van der Waals surface area contributed by atoms with Gasteiger partial charge in [-0.05, 0) is 48.6 Å². The summed E-state index contributed by atoms with van der Waals surface area (Å²) in [5, 5.41) is 9.16. The Balaban J connectivity index is 1.91. The van der Waals surface area contributed by atoms with Crippen LogP contribution in [0.3, 0.4) is 0 Å². The third-order valence-corrected chi connectivity index (χ3v) is 4.35. The van der Waals surface area contributed by atoms with Crippen LogP contribution in [0.2, 0.25) is 0 Å². The van der Waals surface area contributed by atoms with Crippen molar-refractivity contribution in [3.8, 4) is 0 Å². The lowest BCUT2D eigenvalue weighted by Gasteiger charge is -2.07. The van der Waals surface area contributed by atoms with E-state index >= 15 is 0 Å². The number of hydrogen-bond donors (Lipinski definition) is 1. The highest BCUT2D eigenvalue weighted by Crippen LogP contribution is 2.33. The van der Waals surface area contributed by atoms with Gasteiger partial charge in [0.2, 0.25) is 0 Å². The zero-order valence-electron chi connectivity index (χ0n) is 10.3. The van der Waals surface area contributed by atoms with Crippen LogP contribution >= 0.6 is 11.8 Å². The van der Waals surface area contributed by atoms with Gasteiger partial charge in [-0.25, -0.2) is 4.79 Å². The summed E-state index contributed by atoms with van der Waals surface area (Å²) in [6.07, 6.45) is 6.63. The number of fused-ring (bicyclic) bond motifs is 1. The van der Waals surface area contributed by atoms with Crippen molar-refractivity contribution in [2.75, 3.05) is 0 Å². The molecule has 0 amide bonds. The van der Waals surface area contributed by atoms with Crippen molar-refractivity contribution in [2.24, 2.45) is 0 Å². The van der Waals surface area contributed by atoms with Crippen LogP contribution in [0.4, 0.5) is 0 Å². The van der Waals surface area contributed by atoms with E-state index in [0.29, 0.717) is 10.5 Å². The largest absolute Gasteiger partial charge is 0.478 e. The minimum Gasteiger partial charge on any atom is -0.478 e. The summed E-state index contributed by atoms with van der Waals surface area (Å²) in [5.74, 6) is -0.911. The van der Waals surface area contributed by atoms with Gasteiger partial charge in [0.15, 0.2) is 0 Å². The summed E-state index contributed by atoms with van der Waals surface area (Å²) in [6, 6.07) is 7.93. The van der Waals surface area contributed by atoms with Gasteiger partial charge in [0.1, 0.15) is 0 Å². The summed E-state index contributed by atoms with van der Waals surface area (Å²) in [6.45, 7) is 0. The van der Waals surface area contributed by atoms with Crippen LogP contribution < -0.4 is 0 Å². The molecule has 1 heterocycles. The van der Waals surface area contributed by atoms with E-state index in [9.17, 15) is 4.79 Å². The Morgan fingerprint density at radius 1 is 1.21 bits per heavy atom. The highest BCUT2D eigenvalue weighted by atomic mass is 32.2. The standard InChI is InChI=1S/C15H13NO2S/c17-15(18)13-6-7-16-9-14(13)19-12-5-4-10-2-1-3-11(10)8-12/h4-9H,1-3H2,(H,17,18). The van der Waals surface area contributed by atoms with Crippen LogP contribution in [-0.4, -0.2) is 16.1 Å². The molecule has 0 unspecified atom stereocenters. The second-order valence-corrected chi connectivity index (χ2v) is 5.68. The van der Waals surface area contributed by atoms with Gasteiger partial charge >= 0.3 is 5.97 Å². The number of carbonyl (C=O) groups is 1. The van der Waals surface area contributed by atoms with E-state index in [1.54, 1.807) is 6.20 Å². The van der Waals surface area contributed by atoms with Crippen molar-refractivity contribution in [3.63, 3.8) is 0 Å². The number of rotatable bonds is 3. The van der Waals surface area contributed by atoms with Crippen LogP contribution in [0.15, 0.2) is 46.5 Å². The summed E-state index contributed by atoms with van der Waals surface area (Å²) >= 11 is 1.47. The van der Waals surface area contributed by atoms with Crippen molar-refractivity contribution < 1.29 is 9.90 Å². The second-order valence-electron chi connectivity index (χ2n) is 4.56. The van der Waals surface area contributed by atoms with Crippen molar-refractivity contribution in [1.82, 2.24) is 4.98 Å². The molecule has 1 aromatic carbocycles. The number of aromatic nitrogens is 1. The number of aromatic carboxylic acids is 1. The van der Waals surface area contributed by atoms with E-state index in [2.05, 4.69) is 23.2 Å². The number of pyridine rings is 1. The van der Waals surface area contributed by atoms with Gasteiger partial charge in [-0.2, -0.15) is 0 Å². The van der Waals surface area contributed by atoms with E-state index in [4.69, 9.17) is 5.11 Å². The zero-order valence-corrected chi connectivity index (χ0v) is 11.1. The Hall–Kier alpha value is -1.81. The zero-order chi connectivity index (χ0) is 13.2. The lowest BCUT2D eigenvalue weighted by atomic mass is 10.1. The van der Waals surface area contributed by atoms with Gasteiger partial charge in [-0.15, -0.1) is 0 Å². The molecule has 2 aromatic rings. The van der Waals surface area contributed by atoms with Crippen LogP contribution in [0.1, 0.15) is 27.9 Å². The number of carboxylic acids is 1. The monoisotopic (exact) mass is 271 g/mol. The van der Waals surface area contributed by atoms with E-state index < -0.39 is 5.97 Å². The topological polar surface area (TPSA) is 50.2 Å². The van der Waals surface area contributed by atoms with Gasteiger partial charge in [0.05, 0.1) is 5.56 Å². The minimum atomic E-state index is -0.911. The Morgan fingerprint density at radius 2 is 2.05 bits per heavy atom. The molecule has 0 bridgehead atoms. The number of hydrogen-bond acceptors (Lipinski definition) is 3. The Bertz CT molecular complexity index is 640. The molecule has 0 spiro atoms. The van der Waals surface area contributed by atoms with Gasteiger partial charge in [-0.1, -0.05) is 17.8 Å². The second kappa shape index (κ2) is 5.05. The predicted molar refractivity (Wildman–Crippen MR) is 73.8 cm³/mol. The van der Waals surface area contributed by atoms with Gasteiger partial charge in [0.25, 0.3) is 0 Å². The lowest BCUT2D eigenvalue weighted by Crippen LogP contribution is -1.99. The highest BCUT2D eigenvalue weighted by Gasteiger charge is 2.14. The number of carboxylic acid groups (broad SMARTS) is 1. The molecule has 96 valence electrons. The van der Waals surface area contributed by atoms with Crippen molar-refractivity contribution in [3.05, 3.63) is 53.3 Å². The summed E-state index contributed by atoms with van der Waals surface area (Å²) < 4.78 is 0. The Kier molecular flexibility index (Phi) is 3.25. The molecule has 19 heavy (non-hydrogen) atoms. The van der Waals surface area contributed by atoms with Crippen molar-refractivity contribution >= 4 is 17.7 Å². The minimum absolute atomic E-state index is 0.306. The fraction of sp³-hybridized carbons (Fsp3) is 0.200. The molecule has 0 saturated carbocycles. The van der Waals surface area contributed by atoms with Gasteiger partial charge in [-0.3, -0.25) is 4.98 Å². The fourth-order valence-corrected chi connectivity index (χ4v) is 3.35. The van der Waals surface area contributed by atoms with Crippen LogP contribution in [0.25, 0.3) is 0 Å². The molecule has 0 radical (unpaired) electrons. The van der Waals surface area contributed by atoms with Gasteiger partial charge < -0.3 is 5.11 Å². The van der Waals surface area contributed by atoms with Crippen molar-refractivity contribution in [2.45, 2.75) is 29.1 Å². The molecule has 0 aliphatic heterocycles. The van der Waals surface area contributed by atoms with Gasteiger partial charge in [0, 0.05) is 22.2 Å². The average Bonchev–Trinajstić information content (AvgIpc) is 2.86. The van der Waals surface area contributed by atoms with Crippen LogP contribution in [0.5, 0.6) is 0 Å². The first-order valence-electron chi connectivity index (χ1n) is 6.21. The lowest BCUT2D eigenvalue weighted by molar-refractivity contribution is 0.0693. The first-order valence-corrected chi connectivity index (χ1v) is 7.02. The number of aryl methyl sites for hydroxylation is 2. The normalized spacial score (nSPS) is 13.3. The predicted octanol–water partition coefficient (Wildman–Crippen LogP) is 3.42. The summed E-state index contributed by atoms with van der Waals surface area (Å²) in [7, 11) is 0. The molecular formula is C15H13NO2S. The maximum absolute atomic E-state index is 11.2. The molecular weight excluding hydrogens is 258 g/mol. The van der Waals surface area contributed by atoms with Crippen molar-refractivity contribution in [1.29, 1.82) is 0 Å². The first kappa shape index (κ1) is 12.2. The maximum Gasteiger partial charge on any atom is 0.336 e. The van der Waals surface area contributed by atoms with E-state index in [1.807, 2.05) is 0 Å². The van der Waals surface area contributed by atoms with Crippen LogP contribution in [0, 0.1) is 0 Å². The quantitative estimate of drug-likeness (QED) is 0.929. The number of benzene rings is 1. The third-order valence-electron chi connectivity index (χ3n) is 3.31. The van der Waals surface area contributed by atoms with E-state index in [1.165, 1.54) is 41.6 Å².